The molecule has 1 N–H and O–H groups in total. The molecule has 30 heavy (non-hydrogen) atoms. The molecule has 3 rings (SSSR count). The van der Waals surface area contributed by atoms with Gasteiger partial charge < -0.3 is 19.5 Å². The van der Waals surface area contributed by atoms with Crippen molar-refractivity contribution in [1.29, 1.82) is 0 Å². The number of carbonyl (C=O) groups is 1. The maximum absolute atomic E-state index is 13.7. The Labute approximate surface area is 176 Å². The van der Waals surface area contributed by atoms with E-state index in [1.807, 2.05) is 6.07 Å². The van der Waals surface area contributed by atoms with Gasteiger partial charge in [-0.2, -0.15) is 4.31 Å². The first kappa shape index (κ1) is 21.9. The monoisotopic (exact) mass is 434 g/mol. The minimum Gasteiger partial charge on any atom is -0.497 e. The molecule has 1 aliphatic rings. The summed E-state index contributed by atoms with van der Waals surface area (Å²) in [6.07, 6.45) is 1.36. The van der Waals surface area contributed by atoms with Gasteiger partial charge in [0.25, 0.3) is 0 Å². The Morgan fingerprint density at radius 2 is 1.73 bits per heavy atom. The third-order valence-electron chi connectivity index (χ3n) is 5.07. The Morgan fingerprint density at radius 3 is 2.37 bits per heavy atom. The lowest BCUT2D eigenvalue weighted by atomic mass is 10.0. The van der Waals surface area contributed by atoms with Gasteiger partial charge >= 0.3 is 0 Å². The Hall–Kier alpha value is -2.78. The number of anilines is 1. The highest BCUT2D eigenvalue weighted by atomic mass is 32.2. The molecule has 0 bridgehead atoms. The summed E-state index contributed by atoms with van der Waals surface area (Å²) in [4.78, 5) is 11.4. The summed E-state index contributed by atoms with van der Waals surface area (Å²) in [5.41, 5.74) is 1.13. The quantitative estimate of drug-likeness (QED) is 0.719. The third-order valence-corrected chi connectivity index (χ3v) is 7.00. The van der Waals surface area contributed by atoms with Gasteiger partial charge in [-0.05, 0) is 49.2 Å². The normalized spacial score (nSPS) is 16.9. The van der Waals surface area contributed by atoms with Crippen molar-refractivity contribution in [2.45, 2.75) is 30.7 Å². The molecule has 162 valence electrons. The molecule has 1 amide bonds. The number of nitrogens with zero attached hydrogens (tertiary/aromatic N) is 1. The van der Waals surface area contributed by atoms with E-state index < -0.39 is 16.1 Å². The van der Waals surface area contributed by atoms with E-state index in [1.54, 1.807) is 32.4 Å². The van der Waals surface area contributed by atoms with Crippen LogP contribution in [0.4, 0.5) is 5.69 Å². The number of hydrogen-bond donors (Lipinski definition) is 1. The van der Waals surface area contributed by atoms with Crippen LogP contribution in [0.2, 0.25) is 0 Å². The van der Waals surface area contributed by atoms with E-state index in [0.29, 0.717) is 36.6 Å². The number of hydrogen-bond acceptors (Lipinski definition) is 6. The van der Waals surface area contributed by atoms with Crippen molar-refractivity contribution < 1.29 is 27.4 Å². The zero-order chi connectivity index (χ0) is 21.9. The van der Waals surface area contributed by atoms with Crippen molar-refractivity contribution in [2.24, 2.45) is 0 Å². The summed E-state index contributed by atoms with van der Waals surface area (Å²) in [5.74, 6) is 1.15. The van der Waals surface area contributed by atoms with Gasteiger partial charge in [0.2, 0.25) is 15.9 Å². The summed E-state index contributed by atoms with van der Waals surface area (Å²) in [6, 6.07) is 9.51. The highest BCUT2D eigenvalue weighted by molar-refractivity contribution is 7.89. The minimum absolute atomic E-state index is 0.00464. The van der Waals surface area contributed by atoms with Crippen LogP contribution in [0.15, 0.2) is 41.3 Å². The molecular weight excluding hydrogens is 408 g/mol. The van der Waals surface area contributed by atoms with Crippen molar-refractivity contribution >= 4 is 21.6 Å². The molecule has 8 nitrogen and oxygen atoms in total. The van der Waals surface area contributed by atoms with Crippen molar-refractivity contribution in [3.63, 3.8) is 0 Å². The fourth-order valence-electron chi connectivity index (χ4n) is 3.72. The smallest absolute Gasteiger partial charge is 0.247 e. The van der Waals surface area contributed by atoms with E-state index in [2.05, 4.69) is 5.32 Å². The number of carbonyl (C=O) groups excluding carboxylic acids is 1. The summed E-state index contributed by atoms with van der Waals surface area (Å²) in [5, 5.41) is 2.62. The number of amides is 1. The number of nitrogens with one attached hydrogen (secondary N) is 1. The van der Waals surface area contributed by atoms with Crippen LogP contribution in [0.1, 0.15) is 31.4 Å². The molecule has 9 heteroatoms. The van der Waals surface area contributed by atoms with Crippen molar-refractivity contribution in [1.82, 2.24) is 4.31 Å². The molecule has 0 spiro atoms. The van der Waals surface area contributed by atoms with Gasteiger partial charge in [-0.15, -0.1) is 0 Å². The standard InChI is InChI=1S/C21H26N2O6S/c1-14(24)22-15-7-9-20(29-4)21(12-15)30(25,26)23-11-5-6-18(23)17-13-16(27-2)8-10-19(17)28-3/h7-10,12-13,18H,5-6,11H2,1-4H3,(H,22,24)/t18-/m1/s1. The van der Waals surface area contributed by atoms with Crippen LogP contribution < -0.4 is 19.5 Å². The lowest BCUT2D eigenvalue weighted by molar-refractivity contribution is -0.114. The molecule has 0 saturated carbocycles. The molecule has 2 aromatic rings. The fourth-order valence-corrected chi connectivity index (χ4v) is 5.58. The molecule has 1 fully saturated rings. The molecule has 0 aliphatic carbocycles. The number of benzene rings is 2. The molecule has 1 saturated heterocycles. The lowest BCUT2D eigenvalue weighted by Crippen LogP contribution is -2.31. The minimum atomic E-state index is -3.92. The van der Waals surface area contributed by atoms with Gasteiger partial charge in [-0.1, -0.05) is 0 Å². The summed E-state index contributed by atoms with van der Waals surface area (Å²) in [7, 11) is 0.612. The highest BCUT2D eigenvalue weighted by Crippen LogP contribution is 2.43. The largest absolute Gasteiger partial charge is 0.497 e. The zero-order valence-corrected chi connectivity index (χ0v) is 18.3. The predicted molar refractivity (Wildman–Crippen MR) is 113 cm³/mol. The summed E-state index contributed by atoms with van der Waals surface area (Å²) in [6.45, 7) is 1.73. The second-order valence-corrected chi connectivity index (χ2v) is 8.79. The summed E-state index contributed by atoms with van der Waals surface area (Å²) < 4.78 is 44.9. The molecule has 0 unspecified atom stereocenters. The molecule has 1 atom stereocenters. The second-order valence-electron chi connectivity index (χ2n) is 6.93. The maximum Gasteiger partial charge on any atom is 0.247 e. The van der Waals surface area contributed by atoms with E-state index in [0.717, 1.165) is 5.56 Å². The first-order chi connectivity index (χ1) is 14.3. The molecule has 1 aliphatic heterocycles. The number of ether oxygens (including phenoxy) is 3. The van der Waals surface area contributed by atoms with Crippen molar-refractivity contribution in [2.75, 3.05) is 33.2 Å². The van der Waals surface area contributed by atoms with Crippen LogP contribution in [-0.2, 0) is 14.8 Å². The van der Waals surface area contributed by atoms with Crippen LogP contribution in [0.25, 0.3) is 0 Å². The average Bonchev–Trinajstić information content (AvgIpc) is 3.23. The lowest BCUT2D eigenvalue weighted by Gasteiger charge is -2.27. The van der Waals surface area contributed by atoms with Gasteiger partial charge in [0.05, 0.1) is 27.4 Å². The van der Waals surface area contributed by atoms with Crippen LogP contribution in [0.3, 0.4) is 0 Å². The molecule has 2 aromatic carbocycles. The van der Waals surface area contributed by atoms with Gasteiger partial charge in [0, 0.05) is 24.7 Å². The number of sulfonamides is 1. The average molecular weight is 435 g/mol. The van der Waals surface area contributed by atoms with Crippen LogP contribution in [0.5, 0.6) is 17.2 Å². The van der Waals surface area contributed by atoms with Crippen LogP contribution >= 0.6 is 0 Å². The molecule has 0 radical (unpaired) electrons. The first-order valence-electron chi connectivity index (χ1n) is 9.51. The van der Waals surface area contributed by atoms with Gasteiger partial charge in [0.1, 0.15) is 22.1 Å². The number of methoxy groups -OCH3 is 3. The Morgan fingerprint density at radius 1 is 1.03 bits per heavy atom. The van der Waals surface area contributed by atoms with E-state index in [4.69, 9.17) is 14.2 Å². The van der Waals surface area contributed by atoms with Gasteiger partial charge in [-0.3, -0.25) is 4.79 Å². The van der Waals surface area contributed by atoms with Gasteiger partial charge in [0.15, 0.2) is 0 Å². The third kappa shape index (κ3) is 4.22. The SMILES string of the molecule is COc1ccc(OC)c([C@H]2CCCN2S(=O)(=O)c2cc(NC(C)=O)ccc2OC)c1. The Balaban J connectivity index is 2.07. The summed E-state index contributed by atoms with van der Waals surface area (Å²) >= 11 is 0. The highest BCUT2D eigenvalue weighted by Gasteiger charge is 2.39. The number of rotatable bonds is 7. The second kappa shape index (κ2) is 8.93. The van der Waals surface area contributed by atoms with E-state index in [9.17, 15) is 13.2 Å². The Kier molecular flexibility index (Phi) is 6.52. The first-order valence-corrected chi connectivity index (χ1v) is 10.9. The van der Waals surface area contributed by atoms with E-state index in [-0.39, 0.29) is 16.6 Å². The van der Waals surface area contributed by atoms with Crippen molar-refractivity contribution in [3.8, 4) is 17.2 Å². The fraction of sp³-hybridized carbons (Fsp3) is 0.381. The molecule has 0 aromatic heterocycles. The van der Waals surface area contributed by atoms with Crippen LogP contribution in [-0.4, -0.2) is 46.5 Å². The van der Waals surface area contributed by atoms with E-state index >= 15 is 0 Å². The zero-order valence-electron chi connectivity index (χ0n) is 17.5. The van der Waals surface area contributed by atoms with Crippen molar-refractivity contribution in [3.05, 3.63) is 42.0 Å². The molecular formula is C21H26N2O6S. The predicted octanol–water partition coefficient (Wildman–Crippen LogP) is 3.20. The van der Waals surface area contributed by atoms with E-state index in [1.165, 1.54) is 30.5 Å². The maximum atomic E-state index is 13.7. The van der Waals surface area contributed by atoms with Crippen LogP contribution in [0, 0.1) is 0 Å². The molecule has 1 heterocycles. The van der Waals surface area contributed by atoms with Gasteiger partial charge in [-0.25, -0.2) is 8.42 Å². The topological polar surface area (TPSA) is 94.2 Å². The Bertz CT molecular complexity index is 1040.